The first kappa shape index (κ1) is 17.5. The molecule has 7 heteroatoms. The van der Waals surface area contributed by atoms with Crippen LogP contribution in [0.25, 0.3) is 11.4 Å². The van der Waals surface area contributed by atoms with Crippen LogP contribution in [0.3, 0.4) is 0 Å². The maximum absolute atomic E-state index is 5.83. The van der Waals surface area contributed by atoms with Crippen molar-refractivity contribution in [3.05, 3.63) is 66.0 Å². The van der Waals surface area contributed by atoms with Crippen LogP contribution >= 0.6 is 23.4 Å². The van der Waals surface area contributed by atoms with Gasteiger partial charge in [0.15, 0.2) is 11.0 Å². The molecule has 0 aliphatic carbocycles. The Morgan fingerprint density at radius 2 is 2.08 bits per heavy atom. The minimum atomic E-state index is 0.488. The monoisotopic (exact) mass is 372 g/mol. The second-order valence-electron chi connectivity index (χ2n) is 5.18. The topological polar surface area (TPSA) is 52.8 Å². The van der Waals surface area contributed by atoms with Crippen molar-refractivity contribution >= 4 is 23.4 Å². The maximum atomic E-state index is 5.83. The number of allylic oxidation sites excluding steroid dienone is 1. The lowest BCUT2D eigenvalue weighted by Gasteiger charge is -2.10. The molecule has 0 amide bonds. The number of benzene rings is 1. The number of thioether (sulfide) groups is 1. The van der Waals surface area contributed by atoms with Crippen LogP contribution < -0.4 is 4.74 Å². The van der Waals surface area contributed by atoms with Crippen molar-refractivity contribution in [1.29, 1.82) is 0 Å². The molecule has 0 radical (unpaired) electrons. The number of nitrogens with zero attached hydrogens (tertiary/aromatic N) is 4. The van der Waals surface area contributed by atoms with E-state index in [1.165, 1.54) is 0 Å². The Kier molecular flexibility index (Phi) is 5.73. The van der Waals surface area contributed by atoms with Gasteiger partial charge in [0.25, 0.3) is 0 Å². The van der Waals surface area contributed by atoms with Gasteiger partial charge in [0.05, 0.1) is 12.7 Å². The number of para-hydroxylation sites is 1. The number of hydrogen-bond donors (Lipinski definition) is 0. The lowest BCUT2D eigenvalue weighted by atomic mass is 10.2. The summed E-state index contributed by atoms with van der Waals surface area (Å²) >= 11 is 7.42. The van der Waals surface area contributed by atoms with Crippen molar-refractivity contribution in [3.63, 3.8) is 0 Å². The summed E-state index contributed by atoms with van der Waals surface area (Å²) in [7, 11) is 1.65. The molecule has 0 saturated carbocycles. The Balaban J connectivity index is 1.89. The molecule has 0 atom stereocenters. The average molecular weight is 373 g/mol. The van der Waals surface area contributed by atoms with Crippen molar-refractivity contribution in [2.75, 3.05) is 7.11 Å². The van der Waals surface area contributed by atoms with Crippen molar-refractivity contribution < 1.29 is 4.74 Å². The van der Waals surface area contributed by atoms with Gasteiger partial charge in [-0.05, 0) is 23.8 Å². The number of rotatable bonds is 7. The van der Waals surface area contributed by atoms with E-state index in [2.05, 4.69) is 21.8 Å². The molecule has 3 aromatic rings. The normalized spacial score (nSPS) is 10.6. The van der Waals surface area contributed by atoms with Crippen molar-refractivity contribution in [2.24, 2.45) is 0 Å². The van der Waals surface area contributed by atoms with E-state index >= 15 is 0 Å². The van der Waals surface area contributed by atoms with Crippen molar-refractivity contribution in [1.82, 2.24) is 19.7 Å². The number of hydrogen-bond acceptors (Lipinski definition) is 5. The minimum Gasteiger partial charge on any atom is -0.496 e. The predicted molar refractivity (Wildman–Crippen MR) is 101 cm³/mol. The van der Waals surface area contributed by atoms with Gasteiger partial charge in [0.2, 0.25) is 0 Å². The van der Waals surface area contributed by atoms with Gasteiger partial charge in [-0.1, -0.05) is 47.6 Å². The third-order valence-electron chi connectivity index (χ3n) is 3.53. The van der Waals surface area contributed by atoms with Crippen molar-refractivity contribution in [2.45, 2.75) is 17.5 Å². The average Bonchev–Trinajstić information content (AvgIpc) is 3.04. The van der Waals surface area contributed by atoms with Gasteiger partial charge in [-0.3, -0.25) is 4.57 Å². The second-order valence-corrected chi connectivity index (χ2v) is 6.51. The number of methoxy groups -OCH3 is 1. The summed E-state index contributed by atoms with van der Waals surface area (Å²) in [6, 6.07) is 11.5. The SMILES string of the molecule is C=CCn1c(SCc2ccc(Cl)nc2)nnc1-c1ccccc1OC. The summed E-state index contributed by atoms with van der Waals surface area (Å²) in [5.41, 5.74) is 1.97. The molecular weight excluding hydrogens is 356 g/mol. The zero-order valence-electron chi connectivity index (χ0n) is 13.7. The smallest absolute Gasteiger partial charge is 0.192 e. The van der Waals surface area contributed by atoms with E-state index in [9.17, 15) is 0 Å². The Morgan fingerprint density at radius 1 is 1.24 bits per heavy atom. The number of pyridine rings is 1. The fourth-order valence-electron chi connectivity index (χ4n) is 2.36. The molecule has 25 heavy (non-hydrogen) atoms. The molecule has 0 bridgehead atoms. The Bertz CT molecular complexity index is 864. The molecule has 0 aliphatic heterocycles. The summed E-state index contributed by atoms with van der Waals surface area (Å²) in [6.07, 6.45) is 3.60. The fraction of sp³-hybridized carbons (Fsp3) is 0.167. The third kappa shape index (κ3) is 4.03. The zero-order chi connectivity index (χ0) is 17.6. The van der Waals surface area contributed by atoms with Gasteiger partial charge in [-0.25, -0.2) is 4.98 Å². The summed E-state index contributed by atoms with van der Waals surface area (Å²) < 4.78 is 7.47. The summed E-state index contributed by atoms with van der Waals surface area (Å²) in [4.78, 5) is 4.10. The minimum absolute atomic E-state index is 0.488. The zero-order valence-corrected chi connectivity index (χ0v) is 15.3. The molecule has 3 rings (SSSR count). The first-order valence-corrected chi connectivity index (χ1v) is 9.00. The lowest BCUT2D eigenvalue weighted by molar-refractivity contribution is 0.416. The maximum Gasteiger partial charge on any atom is 0.192 e. The van der Waals surface area contributed by atoms with Crippen LogP contribution in [0.1, 0.15) is 5.56 Å². The van der Waals surface area contributed by atoms with E-state index in [0.717, 1.165) is 33.6 Å². The molecule has 2 heterocycles. The van der Waals surface area contributed by atoms with Crippen LogP contribution in [0.2, 0.25) is 5.15 Å². The lowest BCUT2D eigenvalue weighted by Crippen LogP contribution is -2.01. The quantitative estimate of drug-likeness (QED) is 0.347. The van der Waals surface area contributed by atoms with E-state index in [4.69, 9.17) is 16.3 Å². The first-order chi connectivity index (χ1) is 12.2. The van der Waals surface area contributed by atoms with Crippen molar-refractivity contribution in [3.8, 4) is 17.1 Å². The van der Waals surface area contributed by atoms with Crippen LogP contribution in [0.4, 0.5) is 0 Å². The van der Waals surface area contributed by atoms with Crippen LogP contribution in [-0.4, -0.2) is 26.9 Å². The highest BCUT2D eigenvalue weighted by Gasteiger charge is 2.16. The van der Waals surface area contributed by atoms with E-state index < -0.39 is 0 Å². The summed E-state index contributed by atoms with van der Waals surface area (Å²) in [5.74, 6) is 2.25. The van der Waals surface area contributed by atoms with Gasteiger partial charge in [0, 0.05) is 18.5 Å². The van der Waals surface area contributed by atoms with Crippen LogP contribution in [0.5, 0.6) is 5.75 Å². The molecule has 0 spiro atoms. The Morgan fingerprint density at radius 3 is 2.80 bits per heavy atom. The molecule has 0 unspecified atom stereocenters. The molecule has 0 fully saturated rings. The molecule has 0 saturated heterocycles. The van der Waals surface area contributed by atoms with Crippen LogP contribution in [-0.2, 0) is 12.3 Å². The summed E-state index contributed by atoms with van der Waals surface area (Å²) in [5, 5.41) is 10.0. The molecule has 5 nitrogen and oxygen atoms in total. The highest BCUT2D eigenvalue weighted by atomic mass is 35.5. The Labute approximate surface area is 155 Å². The molecule has 0 aliphatic rings. The predicted octanol–water partition coefficient (Wildman–Crippen LogP) is 4.48. The highest BCUT2D eigenvalue weighted by Crippen LogP contribution is 2.31. The van der Waals surface area contributed by atoms with E-state index in [0.29, 0.717) is 11.7 Å². The molecular formula is C18H17ClN4OS. The first-order valence-electron chi connectivity index (χ1n) is 7.63. The Hall–Kier alpha value is -2.31. The third-order valence-corrected chi connectivity index (χ3v) is 4.79. The summed E-state index contributed by atoms with van der Waals surface area (Å²) in [6.45, 7) is 4.45. The fourth-order valence-corrected chi connectivity index (χ4v) is 3.35. The van der Waals surface area contributed by atoms with E-state index in [-0.39, 0.29) is 0 Å². The van der Waals surface area contributed by atoms with Gasteiger partial charge in [-0.15, -0.1) is 16.8 Å². The van der Waals surface area contributed by atoms with Crippen LogP contribution in [0.15, 0.2) is 60.4 Å². The largest absolute Gasteiger partial charge is 0.496 e. The number of ether oxygens (including phenoxy) is 1. The second kappa shape index (κ2) is 8.18. The number of aromatic nitrogens is 4. The van der Waals surface area contributed by atoms with E-state index in [1.807, 2.05) is 41.0 Å². The molecule has 2 aromatic heterocycles. The standard InChI is InChI=1S/C18H17ClN4OS/c1-3-10-23-17(14-6-4-5-7-15(14)24-2)21-22-18(23)25-12-13-8-9-16(19)20-11-13/h3-9,11H,1,10,12H2,2H3. The number of halogens is 1. The van der Waals surface area contributed by atoms with E-state index in [1.54, 1.807) is 31.1 Å². The van der Waals surface area contributed by atoms with Gasteiger partial charge >= 0.3 is 0 Å². The van der Waals surface area contributed by atoms with Gasteiger partial charge in [0.1, 0.15) is 10.9 Å². The van der Waals surface area contributed by atoms with Gasteiger partial charge < -0.3 is 4.74 Å². The van der Waals surface area contributed by atoms with Crippen LogP contribution in [0, 0.1) is 0 Å². The molecule has 128 valence electrons. The molecule has 0 N–H and O–H groups in total. The molecule has 1 aromatic carbocycles. The highest BCUT2D eigenvalue weighted by molar-refractivity contribution is 7.98. The van der Waals surface area contributed by atoms with Gasteiger partial charge in [-0.2, -0.15) is 0 Å².